The van der Waals surface area contributed by atoms with Crippen LogP contribution < -0.4 is 20.9 Å². The Balaban J connectivity index is 1.47. The second kappa shape index (κ2) is 10.6. The van der Waals surface area contributed by atoms with Gasteiger partial charge in [-0.1, -0.05) is 60.7 Å². The monoisotopic (exact) mass is 417 g/mol. The van der Waals surface area contributed by atoms with Crippen molar-refractivity contribution in [3.05, 3.63) is 84.4 Å². The van der Waals surface area contributed by atoms with Gasteiger partial charge in [0, 0.05) is 18.2 Å². The summed E-state index contributed by atoms with van der Waals surface area (Å²) in [5.41, 5.74) is 7.98. The van der Waals surface area contributed by atoms with E-state index in [1.165, 1.54) is 6.92 Å². The molecule has 31 heavy (non-hydrogen) atoms. The molecule has 0 fully saturated rings. The molecule has 158 valence electrons. The SMILES string of the molecule is CC(=O)Nc1ccc(CC(=O)NNC(=O)COc2ccccc2-c2ccccc2)cc1. The Labute approximate surface area is 180 Å². The van der Waals surface area contributed by atoms with Gasteiger partial charge in [0.25, 0.3) is 5.91 Å². The molecule has 0 aliphatic rings. The van der Waals surface area contributed by atoms with Crippen LogP contribution >= 0.6 is 0 Å². The molecule has 3 N–H and O–H groups in total. The van der Waals surface area contributed by atoms with E-state index in [4.69, 9.17) is 4.74 Å². The van der Waals surface area contributed by atoms with E-state index >= 15 is 0 Å². The minimum Gasteiger partial charge on any atom is -0.483 e. The second-order valence-corrected chi connectivity index (χ2v) is 6.80. The van der Waals surface area contributed by atoms with E-state index in [9.17, 15) is 14.4 Å². The maximum absolute atomic E-state index is 12.1. The molecule has 0 saturated carbocycles. The van der Waals surface area contributed by atoms with Crippen LogP contribution in [-0.4, -0.2) is 24.3 Å². The number of nitrogens with one attached hydrogen (secondary N) is 3. The van der Waals surface area contributed by atoms with E-state index in [1.807, 2.05) is 48.5 Å². The van der Waals surface area contributed by atoms with Gasteiger partial charge < -0.3 is 10.1 Å². The van der Waals surface area contributed by atoms with Crippen LogP contribution in [0.2, 0.25) is 0 Å². The summed E-state index contributed by atoms with van der Waals surface area (Å²) in [6.07, 6.45) is 0.0817. The summed E-state index contributed by atoms with van der Waals surface area (Å²) < 4.78 is 5.65. The molecule has 0 saturated heterocycles. The number of rotatable bonds is 7. The van der Waals surface area contributed by atoms with Gasteiger partial charge in [-0.2, -0.15) is 0 Å². The molecule has 3 amide bonds. The number of anilines is 1. The summed E-state index contributed by atoms with van der Waals surface area (Å²) in [6, 6.07) is 24.0. The number of amides is 3. The van der Waals surface area contributed by atoms with Crippen LogP contribution in [0.5, 0.6) is 5.75 Å². The predicted molar refractivity (Wildman–Crippen MR) is 118 cm³/mol. The number of carbonyl (C=O) groups is 3. The Morgan fingerprint density at radius 2 is 1.42 bits per heavy atom. The summed E-state index contributed by atoms with van der Waals surface area (Å²) in [5.74, 6) is -0.432. The van der Waals surface area contributed by atoms with Crippen LogP contribution in [0.1, 0.15) is 12.5 Å². The first-order valence-electron chi connectivity index (χ1n) is 9.73. The van der Waals surface area contributed by atoms with Crippen molar-refractivity contribution in [2.45, 2.75) is 13.3 Å². The van der Waals surface area contributed by atoms with Crippen molar-refractivity contribution in [2.24, 2.45) is 0 Å². The van der Waals surface area contributed by atoms with Crippen molar-refractivity contribution in [3.8, 4) is 16.9 Å². The maximum atomic E-state index is 12.1. The first-order valence-corrected chi connectivity index (χ1v) is 9.73. The molecule has 0 aliphatic heterocycles. The predicted octanol–water partition coefficient (Wildman–Crippen LogP) is 3.08. The zero-order chi connectivity index (χ0) is 22.1. The Hall–Kier alpha value is -4.13. The molecular formula is C24H23N3O4. The fourth-order valence-corrected chi connectivity index (χ4v) is 2.91. The highest BCUT2D eigenvalue weighted by Gasteiger charge is 2.10. The molecule has 7 heteroatoms. The molecule has 0 heterocycles. The zero-order valence-corrected chi connectivity index (χ0v) is 17.1. The molecule has 0 spiro atoms. The zero-order valence-electron chi connectivity index (χ0n) is 17.1. The highest BCUT2D eigenvalue weighted by atomic mass is 16.5. The molecule has 0 bridgehead atoms. The largest absolute Gasteiger partial charge is 0.483 e. The molecule has 3 aromatic rings. The molecule has 3 rings (SSSR count). The lowest BCUT2D eigenvalue weighted by Gasteiger charge is -2.12. The van der Waals surface area contributed by atoms with Crippen molar-refractivity contribution >= 4 is 23.4 Å². The summed E-state index contributed by atoms with van der Waals surface area (Å²) in [4.78, 5) is 35.2. The number of ether oxygens (including phenoxy) is 1. The van der Waals surface area contributed by atoms with Gasteiger partial charge in [-0.15, -0.1) is 0 Å². The highest BCUT2D eigenvalue weighted by molar-refractivity contribution is 5.89. The van der Waals surface area contributed by atoms with E-state index in [0.29, 0.717) is 11.4 Å². The minimum atomic E-state index is -0.475. The van der Waals surface area contributed by atoms with Gasteiger partial charge >= 0.3 is 0 Å². The van der Waals surface area contributed by atoms with Crippen molar-refractivity contribution < 1.29 is 19.1 Å². The molecule has 0 aliphatic carbocycles. The Morgan fingerprint density at radius 3 is 2.13 bits per heavy atom. The highest BCUT2D eigenvalue weighted by Crippen LogP contribution is 2.29. The molecule has 0 atom stereocenters. The lowest BCUT2D eigenvalue weighted by Crippen LogP contribution is -2.44. The van der Waals surface area contributed by atoms with E-state index in [0.717, 1.165) is 16.7 Å². The molecule has 0 aromatic heterocycles. The van der Waals surface area contributed by atoms with Gasteiger partial charge in [-0.25, -0.2) is 0 Å². The van der Waals surface area contributed by atoms with Gasteiger partial charge in [0.05, 0.1) is 6.42 Å². The summed E-state index contributed by atoms with van der Waals surface area (Å²) in [7, 11) is 0. The average molecular weight is 417 g/mol. The first kappa shape index (κ1) is 21.6. The van der Waals surface area contributed by atoms with Crippen LogP contribution in [0.25, 0.3) is 11.1 Å². The summed E-state index contributed by atoms with van der Waals surface area (Å²) in [6.45, 7) is 1.18. The Morgan fingerprint density at radius 1 is 0.774 bits per heavy atom. The maximum Gasteiger partial charge on any atom is 0.276 e. The number of para-hydroxylation sites is 1. The quantitative estimate of drug-likeness (QED) is 0.515. The molecule has 7 nitrogen and oxygen atoms in total. The Kier molecular flexibility index (Phi) is 7.37. The number of benzene rings is 3. The van der Waals surface area contributed by atoms with Crippen LogP contribution in [0.15, 0.2) is 78.9 Å². The number of hydrazine groups is 1. The molecule has 0 radical (unpaired) electrons. The fraction of sp³-hybridized carbons (Fsp3) is 0.125. The van der Waals surface area contributed by atoms with E-state index < -0.39 is 5.91 Å². The van der Waals surface area contributed by atoms with Crippen molar-refractivity contribution in [3.63, 3.8) is 0 Å². The smallest absolute Gasteiger partial charge is 0.276 e. The van der Waals surface area contributed by atoms with Crippen LogP contribution in [0.4, 0.5) is 5.69 Å². The molecule has 3 aromatic carbocycles. The van der Waals surface area contributed by atoms with Gasteiger partial charge in [0.15, 0.2) is 6.61 Å². The number of hydrogen-bond acceptors (Lipinski definition) is 4. The minimum absolute atomic E-state index is 0.0817. The standard InChI is InChI=1S/C24H23N3O4/c1-17(28)25-20-13-11-18(12-14-20)15-23(29)26-27-24(30)16-31-22-10-6-5-9-21(22)19-7-3-2-4-8-19/h2-14H,15-16H2,1H3,(H,25,28)(H,26,29)(H,27,30). The molecule has 0 unspecified atom stereocenters. The third-order valence-corrected chi connectivity index (χ3v) is 4.31. The van der Waals surface area contributed by atoms with E-state index in [2.05, 4.69) is 16.2 Å². The third kappa shape index (κ3) is 6.71. The number of hydrogen-bond donors (Lipinski definition) is 3. The fourth-order valence-electron chi connectivity index (χ4n) is 2.91. The van der Waals surface area contributed by atoms with Crippen molar-refractivity contribution in [2.75, 3.05) is 11.9 Å². The van der Waals surface area contributed by atoms with Crippen LogP contribution in [0, 0.1) is 0 Å². The summed E-state index contributed by atoms with van der Waals surface area (Å²) >= 11 is 0. The average Bonchev–Trinajstić information content (AvgIpc) is 2.78. The van der Waals surface area contributed by atoms with Crippen LogP contribution in [-0.2, 0) is 20.8 Å². The third-order valence-electron chi connectivity index (χ3n) is 4.31. The van der Waals surface area contributed by atoms with Crippen molar-refractivity contribution in [1.29, 1.82) is 0 Å². The summed E-state index contributed by atoms with van der Waals surface area (Å²) in [5, 5.41) is 2.66. The van der Waals surface area contributed by atoms with Crippen LogP contribution in [0.3, 0.4) is 0 Å². The van der Waals surface area contributed by atoms with E-state index in [-0.39, 0.29) is 24.8 Å². The van der Waals surface area contributed by atoms with Gasteiger partial charge in [0.1, 0.15) is 5.75 Å². The normalized spacial score (nSPS) is 10.1. The van der Waals surface area contributed by atoms with E-state index in [1.54, 1.807) is 30.3 Å². The lowest BCUT2D eigenvalue weighted by molar-refractivity contribution is -0.129. The topological polar surface area (TPSA) is 96.5 Å². The van der Waals surface area contributed by atoms with Gasteiger partial charge in [-0.3, -0.25) is 25.2 Å². The Bertz CT molecular complexity index is 1050. The lowest BCUT2D eigenvalue weighted by atomic mass is 10.1. The number of carbonyl (C=O) groups excluding carboxylic acids is 3. The first-order chi connectivity index (χ1) is 15.0. The van der Waals surface area contributed by atoms with Gasteiger partial charge in [0.2, 0.25) is 11.8 Å². The van der Waals surface area contributed by atoms with Gasteiger partial charge in [-0.05, 0) is 29.3 Å². The molecular weight excluding hydrogens is 394 g/mol. The second-order valence-electron chi connectivity index (χ2n) is 6.80. The van der Waals surface area contributed by atoms with Crippen molar-refractivity contribution in [1.82, 2.24) is 10.9 Å².